The molecule has 1 aliphatic rings. The van der Waals surface area contributed by atoms with E-state index in [1.165, 1.54) is 6.07 Å². The highest BCUT2D eigenvalue weighted by molar-refractivity contribution is 5.73. The molecular weight excluding hydrogens is 311 g/mol. The SMILES string of the molecule is O=C(CC1CCCC1)OCc1nc2cc(C(F)(F)F)ccc2o1. The zero-order valence-corrected chi connectivity index (χ0v) is 12.4. The quantitative estimate of drug-likeness (QED) is 0.778. The van der Waals surface area contributed by atoms with Crippen LogP contribution in [0.15, 0.2) is 22.6 Å². The molecule has 1 saturated carbocycles. The van der Waals surface area contributed by atoms with E-state index in [0.29, 0.717) is 12.3 Å². The Morgan fingerprint density at radius 3 is 2.74 bits per heavy atom. The Hall–Kier alpha value is -2.05. The summed E-state index contributed by atoms with van der Waals surface area (Å²) in [6.45, 7) is -0.165. The molecular formula is C16H16F3NO3. The van der Waals surface area contributed by atoms with E-state index in [-0.39, 0.29) is 29.6 Å². The minimum atomic E-state index is -4.43. The Morgan fingerprint density at radius 2 is 2.04 bits per heavy atom. The van der Waals surface area contributed by atoms with Crippen LogP contribution in [0, 0.1) is 5.92 Å². The number of rotatable bonds is 4. The van der Waals surface area contributed by atoms with Gasteiger partial charge in [-0.05, 0) is 37.0 Å². The van der Waals surface area contributed by atoms with Gasteiger partial charge >= 0.3 is 12.1 Å². The van der Waals surface area contributed by atoms with Crippen LogP contribution in [0.25, 0.3) is 11.1 Å². The molecule has 0 aliphatic heterocycles. The summed E-state index contributed by atoms with van der Waals surface area (Å²) in [6.07, 6.45) is 0.311. The molecule has 0 spiro atoms. The second-order valence-corrected chi connectivity index (χ2v) is 5.80. The fraction of sp³-hybridized carbons (Fsp3) is 0.500. The first-order valence-corrected chi connectivity index (χ1v) is 7.54. The summed E-state index contributed by atoms with van der Waals surface area (Å²) < 4.78 is 48.3. The highest BCUT2D eigenvalue weighted by Crippen LogP contribution is 2.31. The number of nitrogens with zero attached hydrogens (tertiary/aromatic N) is 1. The number of carbonyl (C=O) groups is 1. The Kier molecular flexibility index (Phi) is 4.28. The number of ether oxygens (including phenoxy) is 1. The smallest absolute Gasteiger partial charge is 0.416 e. The standard InChI is InChI=1S/C16H16F3NO3/c17-16(18,19)11-5-6-13-12(8-11)20-14(23-13)9-22-15(21)7-10-3-1-2-4-10/h5-6,8,10H,1-4,7,9H2. The van der Waals surface area contributed by atoms with Crippen molar-refractivity contribution in [2.45, 2.75) is 44.9 Å². The summed E-state index contributed by atoms with van der Waals surface area (Å²) in [7, 11) is 0. The minimum Gasteiger partial charge on any atom is -0.456 e. The van der Waals surface area contributed by atoms with Gasteiger partial charge in [0.25, 0.3) is 0 Å². The van der Waals surface area contributed by atoms with Crippen LogP contribution < -0.4 is 0 Å². The number of carbonyl (C=O) groups excluding carboxylic acids is 1. The van der Waals surface area contributed by atoms with Crippen LogP contribution in [0.3, 0.4) is 0 Å². The van der Waals surface area contributed by atoms with Gasteiger partial charge in [0.2, 0.25) is 5.89 Å². The fourth-order valence-electron chi connectivity index (χ4n) is 2.86. The monoisotopic (exact) mass is 327 g/mol. The number of halogens is 3. The lowest BCUT2D eigenvalue weighted by Gasteiger charge is -2.07. The lowest BCUT2D eigenvalue weighted by atomic mass is 10.1. The van der Waals surface area contributed by atoms with Gasteiger partial charge < -0.3 is 9.15 Å². The maximum atomic E-state index is 12.6. The lowest BCUT2D eigenvalue weighted by molar-refractivity contribution is -0.146. The number of oxazole rings is 1. The van der Waals surface area contributed by atoms with Crippen LogP contribution >= 0.6 is 0 Å². The summed E-state index contributed by atoms with van der Waals surface area (Å²) in [6, 6.07) is 3.07. The van der Waals surface area contributed by atoms with Crippen LogP contribution in [0.4, 0.5) is 13.2 Å². The zero-order valence-electron chi connectivity index (χ0n) is 12.4. The molecule has 0 N–H and O–H groups in total. The van der Waals surface area contributed by atoms with Gasteiger partial charge in [-0.15, -0.1) is 0 Å². The van der Waals surface area contributed by atoms with E-state index in [4.69, 9.17) is 9.15 Å². The summed E-state index contributed by atoms with van der Waals surface area (Å²) in [5, 5.41) is 0. The summed E-state index contributed by atoms with van der Waals surface area (Å²) >= 11 is 0. The molecule has 7 heteroatoms. The Bertz CT molecular complexity index is 702. The molecule has 1 aliphatic carbocycles. The van der Waals surface area contributed by atoms with Gasteiger partial charge in [-0.1, -0.05) is 12.8 Å². The molecule has 4 nitrogen and oxygen atoms in total. The molecule has 1 aromatic carbocycles. The van der Waals surface area contributed by atoms with Crippen LogP contribution in [-0.2, 0) is 22.3 Å². The van der Waals surface area contributed by atoms with Crippen molar-refractivity contribution in [2.24, 2.45) is 5.92 Å². The molecule has 2 aromatic rings. The predicted octanol–water partition coefficient (Wildman–Crippen LogP) is 4.47. The molecule has 0 atom stereocenters. The fourth-order valence-corrected chi connectivity index (χ4v) is 2.86. The Labute approximate surface area is 130 Å². The lowest BCUT2D eigenvalue weighted by Crippen LogP contribution is -2.09. The van der Waals surface area contributed by atoms with Crippen molar-refractivity contribution >= 4 is 17.1 Å². The molecule has 3 rings (SSSR count). The second kappa shape index (κ2) is 6.22. The van der Waals surface area contributed by atoms with Gasteiger partial charge in [0.05, 0.1) is 5.56 Å². The molecule has 23 heavy (non-hydrogen) atoms. The molecule has 1 heterocycles. The zero-order chi connectivity index (χ0) is 16.4. The van der Waals surface area contributed by atoms with E-state index < -0.39 is 11.7 Å². The molecule has 0 saturated heterocycles. The van der Waals surface area contributed by atoms with Crippen molar-refractivity contribution < 1.29 is 27.1 Å². The van der Waals surface area contributed by atoms with Gasteiger partial charge in [-0.25, -0.2) is 4.98 Å². The number of fused-ring (bicyclic) bond motifs is 1. The van der Waals surface area contributed by atoms with Crippen LogP contribution in [-0.4, -0.2) is 11.0 Å². The number of hydrogen-bond acceptors (Lipinski definition) is 4. The van der Waals surface area contributed by atoms with Crippen LogP contribution in [0.2, 0.25) is 0 Å². The molecule has 124 valence electrons. The predicted molar refractivity (Wildman–Crippen MR) is 75.4 cm³/mol. The third-order valence-corrected chi connectivity index (χ3v) is 4.05. The number of esters is 1. The van der Waals surface area contributed by atoms with Gasteiger partial charge in [0, 0.05) is 6.42 Å². The normalized spacial score (nSPS) is 16.1. The number of alkyl halides is 3. The topological polar surface area (TPSA) is 52.3 Å². The van der Waals surface area contributed by atoms with Crippen LogP contribution in [0.5, 0.6) is 0 Å². The van der Waals surface area contributed by atoms with Gasteiger partial charge in [-0.2, -0.15) is 13.2 Å². The third kappa shape index (κ3) is 3.83. The summed E-state index contributed by atoms with van der Waals surface area (Å²) in [5.41, 5.74) is -0.454. The van der Waals surface area contributed by atoms with Gasteiger partial charge in [-0.3, -0.25) is 4.79 Å². The molecule has 1 aromatic heterocycles. The van der Waals surface area contributed by atoms with Crippen molar-refractivity contribution in [1.82, 2.24) is 4.98 Å². The van der Waals surface area contributed by atoms with Gasteiger partial charge in [0.1, 0.15) is 5.52 Å². The van der Waals surface area contributed by atoms with Crippen molar-refractivity contribution in [1.29, 1.82) is 0 Å². The van der Waals surface area contributed by atoms with Gasteiger partial charge in [0.15, 0.2) is 12.2 Å². The number of hydrogen-bond donors (Lipinski definition) is 0. The minimum absolute atomic E-state index is 0.0964. The first kappa shape index (κ1) is 15.8. The Balaban J connectivity index is 1.63. The van der Waals surface area contributed by atoms with Crippen molar-refractivity contribution in [3.63, 3.8) is 0 Å². The Morgan fingerprint density at radius 1 is 1.30 bits per heavy atom. The third-order valence-electron chi connectivity index (χ3n) is 4.05. The average Bonchev–Trinajstić information content (AvgIpc) is 3.11. The first-order chi connectivity index (χ1) is 10.9. The second-order valence-electron chi connectivity index (χ2n) is 5.80. The van der Waals surface area contributed by atoms with Crippen molar-refractivity contribution in [2.75, 3.05) is 0 Å². The molecule has 1 fully saturated rings. The molecule has 0 radical (unpaired) electrons. The van der Waals surface area contributed by atoms with Crippen molar-refractivity contribution in [3.8, 4) is 0 Å². The van der Waals surface area contributed by atoms with E-state index in [9.17, 15) is 18.0 Å². The summed E-state index contributed by atoms with van der Waals surface area (Å²) in [5.74, 6) is 0.148. The van der Waals surface area contributed by atoms with E-state index in [0.717, 1.165) is 37.8 Å². The van der Waals surface area contributed by atoms with E-state index in [1.807, 2.05) is 0 Å². The highest BCUT2D eigenvalue weighted by Gasteiger charge is 2.31. The summed E-state index contributed by atoms with van der Waals surface area (Å²) in [4.78, 5) is 15.7. The largest absolute Gasteiger partial charge is 0.456 e. The molecule has 0 amide bonds. The highest BCUT2D eigenvalue weighted by atomic mass is 19.4. The van der Waals surface area contributed by atoms with E-state index in [1.54, 1.807) is 0 Å². The van der Waals surface area contributed by atoms with Crippen LogP contribution in [0.1, 0.15) is 43.6 Å². The number of aromatic nitrogens is 1. The first-order valence-electron chi connectivity index (χ1n) is 7.54. The van der Waals surface area contributed by atoms with E-state index in [2.05, 4.69) is 4.98 Å². The maximum Gasteiger partial charge on any atom is 0.416 e. The average molecular weight is 327 g/mol. The number of benzene rings is 1. The van der Waals surface area contributed by atoms with Crippen molar-refractivity contribution in [3.05, 3.63) is 29.7 Å². The molecule has 0 bridgehead atoms. The molecule has 0 unspecified atom stereocenters. The maximum absolute atomic E-state index is 12.6. The van der Waals surface area contributed by atoms with E-state index >= 15 is 0 Å².